The molecule has 4 nitrogen and oxygen atoms in total. The summed E-state index contributed by atoms with van der Waals surface area (Å²) in [5, 5.41) is 7.16. The molecule has 10 aromatic rings. The van der Waals surface area contributed by atoms with Gasteiger partial charge in [-0.25, -0.2) is 4.98 Å². The van der Waals surface area contributed by atoms with Crippen molar-refractivity contribution in [2.75, 3.05) is 0 Å². The lowest BCUT2D eigenvalue weighted by Crippen LogP contribution is -1.98. The minimum absolute atomic E-state index is 0.929. The third-order valence-corrected chi connectivity index (χ3v) is 9.34. The normalized spacial score (nSPS) is 11.9. The van der Waals surface area contributed by atoms with Crippen LogP contribution < -0.4 is 0 Å². The van der Waals surface area contributed by atoms with Gasteiger partial charge >= 0.3 is 0 Å². The Morgan fingerprint density at radius 2 is 0.957 bits per heavy atom. The van der Waals surface area contributed by atoms with E-state index in [2.05, 4.69) is 160 Å². The Morgan fingerprint density at radius 3 is 1.63 bits per heavy atom. The molecule has 46 heavy (non-hydrogen) atoms. The van der Waals surface area contributed by atoms with Gasteiger partial charge in [0, 0.05) is 55.5 Å². The van der Waals surface area contributed by atoms with Crippen molar-refractivity contribution in [3.8, 4) is 22.6 Å². The van der Waals surface area contributed by atoms with E-state index < -0.39 is 0 Å². The van der Waals surface area contributed by atoms with Gasteiger partial charge in [0.2, 0.25) is 0 Å². The number of para-hydroxylation sites is 3. The van der Waals surface area contributed by atoms with Crippen molar-refractivity contribution in [1.82, 2.24) is 19.1 Å². The average molecular weight is 587 g/mol. The van der Waals surface area contributed by atoms with Gasteiger partial charge in [0.05, 0.1) is 38.8 Å². The number of fused-ring (bicyclic) bond motifs is 10. The van der Waals surface area contributed by atoms with Gasteiger partial charge in [-0.2, -0.15) is 0 Å². The summed E-state index contributed by atoms with van der Waals surface area (Å²) in [5.74, 6) is 0. The van der Waals surface area contributed by atoms with Gasteiger partial charge in [-0.3, -0.25) is 4.98 Å². The largest absolute Gasteiger partial charge is 0.307 e. The summed E-state index contributed by atoms with van der Waals surface area (Å²) < 4.78 is 4.86. The maximum Gasteiger partial charge on any atom is 0.0972 e. The molecule has 10 rings (SSSR count). The molecular formula is C42H26N4. The highest BCUT2D eigenvalue weighted by Gasteiger charge is 2.21. The number of hydrogen-bond donors (Lipinski definition) is 0. The lowest BCUT2D eigenvalue weighted by atomic mass is 10.1. The Labute approximate surface area is 264 Å². The molecular weight excluding hydrogens is 560 g/mol. The van der Waals surface area contributed by atoms with Crippen LogP contribution in [-0.4, -0.2) is 19.1 Å². The number of aromatic nitrogens is 4. The lowest BCUT2D eigenvalue weighted by Gasteiger charge is -2.13. The number of pyridine rings is 2. The minimum atomic E-state index is 0.929. The van der Waals surface area contributed by atoms with Gasteiger partial charge in [0.25, 0.3) is 0 Å². The van der Waals surface area contributed by atoms with Gasteiger partial charge in [-0.15, -0.1) is 0 Å². The fourth-order valence-corrected chi connectivity index (χ4v) is 7.28. The third-order valence-electron chi connectivity index (χ3n) is 9.34. The van der Waals surface area contributed by atoms with Crippen molar-refractivity contribution >= 4 is 65.4 Å². The van der Waals surface area contributed by atoms with E-state index in [1.54, 1.807) is 0 Å². The highest BCUT2D eigenvalue weighted by Crippen LogP contribution is 2.41. The van der Waals surface area contributed by atoms with E-state index in [9.17, 15) is 0 Å². The Morgan fingerprint density at radius 1 is 0.391 bits per heavy atom. The van der Waals surface area contributed by atoms with E-state index in [0.29, 0.717) is 0 Å². The highest BCUT2D eigenvalue weighted by atomic mass is 15.0. The molecule has 4 heteroatoms. The van der Waals surface area contributed by atoms with Crippen molar-refractivity contribution in [1.29, 1.82) is 0 Å². The monoisotopic (exact) mass is 586 g/mol. The van der Waals surface area contributed by atoms with Crippen LogP contribution in [0, 0.1) is 0 Å². The zero-order chi connectivity index (χ0) is 30.2. The number of nitrogens with zero attached hydrogens (tertiary/aromatic N) is 4. The van der Waals surface area contributed by atoms with Crippen LogP contribution in [0.4, 0.5) is 0 Å². The number of hydrogen-bond acceptors (Lipinski definition) is 2. The van der Waals surface area contributed by atoms with Gasteiger partial charge < -0.3 is 9.13 Å². The Balaban J connectivity index is 1.24. The summed E-state index contributed by atoms with van der Waals surface area (Å²) in [6.45, 7) is 0. The fraction of sp³-hybridized carbons (Fsp3) is 0. The maximum atomic E-state index is 5.10. The summed E-state index contributed by atoms with van der Waals surface area (Å²) in [5.41, 5.74) is 10.9. The third kappa shape index (κ3) is 3.55. The summed E-state index contributed by atoms with van der Waals surface area (Å²) in [7, 11) is 0. The predicted octanol–water partition coefficient (Wildman–Crippen LogP) is 10.6. The Bertz CT molecular complexity index is 2790. The fourth-order valence-electron chi connectivity index (χ4n) is 7.28. The van der Waals surface area contributed by atoms with E-state index in [1.165, 1.54) is 43.6 Å². The SMILES string of the molecule is c1ccc(-n2c3ccccc3c3ccc4c5ccccc5n(-c5ccc(-c6ccc7ccc8cccnc8c7n6)cc5)c4c32)cc1. The molecule has 4 heterocycles. The molecule has 0 spiro atoms. The van der Waals surface area contributed by atoms with Gasteiger partial charge in [-0.05, 0) is 48.5 Å². The first-order chi connectivity index (χ1) is 22.8. The van der Waals surface area contributed by atoms with E-state index >= 15 is 0 Å². The molecule has 0 aliphatic carbocycles. The first-order valence-corrected chi connectivity index (χ1v) is 15.6. The van der Waals surface area contributed by atoms with Gasteiger partial charge in [0.15, 0.2) is 0 Å². The van der Waals surface area contributed by atoms with Crippen molar-refractivity contribution in [2.24, 2.45) is 0 Å². The second-order valence-corrected chi connectivity index (χ2v) is 11.9. The molecule has 4 aromatic heterocycles. The van der Waals surface area contributed by atoms with Crippen LogP contribution in [-0.2, 0) is 0 Å². The summed E-state index contributed by atoms with van der Waals surface area (Å²) in [4.78, 5) is 9.76. The van der Waals surface area contributed by atoms with E-state index in [4.69, 9.17) is 4.98 Å². The zero-order valence-corrected chi connectivity index (χ0v) is 24.8. The standard InChI is InChI=1S/C42H26N4/c1-2-10-30(11-3-1)45-37-14-6-4-12-32(37)34-23-24-35-33-13-5-7-15-38(33)46(42(35)41(34)45)31-21-18-27(19-22-31)36-25-20-29-17-16-28-9-8-26-43-39(28)40(29)44-36/h1-26H. The van der Waals surface area contributed by atoms with Crippen LogP contribution in [0.5, 0.6) is 0 Å². The van der Waals surface area contributed by atoms with Crippen LogP contribution >= 0.6 is 0 Å². The highest BCUT2D eigenvalue weighted by molar-refractivity contribution is 6.23. The second kappa shape index (κ2) is 9.62. The van der Waals surface area contributed by atoms with Crippen molar-refractivity contribution in [2.45, 2.75) is 0 Å². The summed E-state index contributed by atoms with van der Waals surface area (Å²) in [6.07, 6.45) is 1.84. The maximum absolute atomic E-state index is 5.10. The molecule has 0 aliphatic heterocycles. The van der Waals surface area contributed by atoms with E-state index in [-0.39, 0.29) is 0 Å². The van der Waals surface area contributed by atoms with E-state index in [1.807, 2.05) is 12.3 Å². The quantitative estimate of drug-likeness (QED) is 0.193. The summed E-state index contributed by atoms with van der Waals surface area (Å²) in [6, 6.07) is 54.1. The first-order valence-electron chi connectivity index (χ1n) is 15.6. The zero-order valence-electron chi connectivity index (χ0n) is 24.8. The molecule has 0 fully saturated rings. The molecule has 6 aromatic carbocycles. The summed E-state index contributed by atoms with van der Waals surface area (Å²) >= 11 is 0. The number of rotatable bonds is 3. The second-order valence-electron chi connectivity index (χ2n) is 11.9. The molecule has 0 saturated heterocycles. The van der Waals surface area contributed by atoms with E-state index in [0.717, 1.165) is 44.4 Å². The van der Waals surface area contributed by atoms with Gasteiger partial charge in [-0.1, -0.05) is 103 Å². The minimum Gasteiger partial charge on any atom is -0.307 e. The molecule has 0 amide bonds. The topological polar surface area (TPSA) is 35.6 Å². The van der Waals surface area contributed by atoms with Crippen LogP contribution in [0.1, 0.15) is 0 Å². The molecule has 0 bridgehead atoms. The Kier molecular flexibility index (Phi) is 5.25. The molecule has 0 aliphatic rings. The van der Waals surface area contributed by atoms with Crippen LogP contribution in [0.2, 0.25) is 0 Å². The molecule has 0 radical (unpaired) electrons. The average Bonchev–Trinajstić information content (AvgIpc) is 3.65. The van der Waals surface area contributed by atoms with Crippen molar-refractivity contribution in [3.63, 3.8) is 0 Å². The number of benzene rings is 6. The molecule has 0 N–H and O–H groups in total. The molecule has 0 unspecified atom stereocenters. The molecule has 214 valence electrons. The van der Waals surface area contributed by atoms with Crippen molar-refractivity contribution in [3.05, 3.63) is 158 Å². The lowest BCUT2D eigenvalue weighted by molar-refractivity contribution is 1.15. The smallest absolute Gasteiger partial charge is 0.0972 e. The van der Waals surface area contributed by atoms with Crippen LogP contribution in [0.3, 0.4) is 0 Å². The first kappa shape index (κ1) is 25.1. The molecule has 0 atom stereocenters. The molecule has 0 saturated carbocycles. The van der Waals surface area contributed by atoms with Gasteiger partial charge in [0.1, 0.15) is 0 Å². The van der Waals surface area contributed by atoms with Crippen LogP contribution in [0.25, 0.3) is 88.0 Å². The predicted molar refractivity (Wildman–Crippen MR) is 191 cm³/mol. The Hall–Kier alpha value is -6.26. The van der Waals surface area contributed by atoms with Crippen molar-refractivity contribution < 1.29 is 0 Å². The van der Waals surface area contributed by atoms with Crippen LogP contribution in [0.15, 0.2) is 158 Å².